The number of carbonyl (C=O) groups is 4. The van der Waals surface area contributed by atoms with Crippen LogP contribution in [0.15, 0.2) is 17.6 Å². The van der Waals surface area contributed by atoms with E-state index in [2.05, 4.69) is 73.1 Å². The molecule has 0 aromatic carbocycles. The maximum absolute atomic E-state index is 11.3. The predicted molar refractivity (Wildman–Crippen MR) is 210 cm³/mol. The van der Waals surface area contributed by atoms with Crippen molar-refractivity contribution in [1.82, 2.24) is 36.0 Å². The third kappa shape index (κ3) is 37.2. The van der Waals surface area contributed by atoms with E-state index in [1.165, 1.54) is 33.7 Å². The van der Waals surface area contributed by atoms with Crippen LogP contribution in [-0.4, -0.2) is 155 Å². The monoisotopic (exact) mass is 733 g/mol. The molecule has 2 aliphatic heterocycles. The summed E-state index contributed by atoms with van der Waals surface area (Å²) in [5, 5.41) is 18.6. The molecule has 0 spiro atoms. The summed E-state index contributed by atoms with van der Waals surface area (Å²) in [6.07, 6.45) is 10.9. The van der Waals surface area contributed by atoms with Gasteiger partial charge < -0.3 is 31.1 Å². The minimum absolute atomic E-state index is 0.00463. The van der Waals surface area contributed by atoms with Crippen molar-refractivity contribution < 1.29 is 33.6 Å². The number of rotatable bonds is 10. The van der Waals surface area contributed by atoms with Crippen molar-refractivity contribution in [1.29, 1.82) is 0 Å². The van der Waals surface area contributed by atoms with E-state index in [9.17, 15) is 14.4 Å². The molecule has 51 heavy (non-hydrogen) atoms. The fraction of sp³-hybridized carbons (Fsp3) is 0.771. The summed E-state index contributed by atoms with van der Waals surface area (Å²) in [5.41, 5.74) is 4.50. The number of carbonyl (C=O) groups excluding carboxylic acids is 3. The van der Waals surface area contributed by atoms with Crippen molar-refractivity contribution in [3.63, 3.8) is 0 Å². The van der Waals surface area contributed by atoms with E-state index in [-0.39, 0.29) is 17.9 Å². The van der Waals surface area contributed by atoms with Crippen LogP contribution >= 0.6 is 0 Å². The van der Waals surface area contributed by atoms with Gasteiger partial charge in [-0.15, -0.1) is 6.58 Å². The molecule has 7 N–H and O–H groups in total. The van der Waals surface area contributed by atoms with Gasteiger partial charge >= 0.3 is 24.4 Å². The zero-order valence-corrected chi connectivity index (χ0v) is 34.5. The predicted octanol–water partition coefficient (Wildman–Crippen LogP) is 2.43. The van der Waals surface area contributed by atoms with Gasteiger partial charge in [0.2, 0.25) is 5.91 Å². The highest BCUT2D eigenvalue weighted by molar-refractivity contribution is 5.83. The molecule has 16 nitrogen and oxygen atoms in total. The molecule has 300 valence electrons. The average Bonchev–Trinajstić information content (AvgIpc) is 3.01. The Labute approximate surface area is 310 Å². The molecule has 2 fully saturated rings. The fourth-order valence-corrected chi connectivity index (χ4v) is 3.46. The van der Waals surface area contributed by atoms with Gasteiger partial charge in [-0.3, -0.25) is 24.2 Å². The summed E-state index contributed by atoms with van der Waals surface area (Å²) < 4.78 is 7.20. The second-order valence-corrected chi connectivity index (χ2v) is 11.0. The lowest BCUT2D eigenvalue weighted by Gasteiger charge is -2.44. The number of likely N-dealkylation sites (tertiary alicyclic amines) is 1. The van der Waals surface area contributed by atoms with Gasteiger partial charge in [0.1, 0.15) is 0 Å². The van der Waals surface area contributed by atoms with Crippen LogP contribution in [0.25, 0.3) is 0 Å². The number of amides is 3. The molecule has 2 unspecified atom stereocenters. The Morgan fingerprint density at radius 2 is 1.49 bits per heavy atom. The third-order valence-corrected chi connectivity index (χ3v) is 6.19. The van der Waals surface area contributed by atoms with Crippen molar-refractivity contribution in [2.75, 3.05) is 81.6 Å². The van der Waals surface area contributed by atoms with E-state index in [1.807, 2.05) is 59.9 Å². The molecular formula is C35H76N10O6+2. The molecule has 16 heteroatoms. The van der Waals surface area contributed by atoms with Crippen LogP contribution in [-0.2, 0) is 19.1 Å². The molecule has 2 saturated heterocycles. The van der Waals surface area contributed by atoms with E-state index < -0.39 is 5.97 Å². The van der Waals surface area contributed by atoms with Crippen molar-refractivity contribution >= 4 is 36.2 Å². The maximum atomic E-state index is 11.3. The number of nitrogens with two attached hydrogens (primary N) is 1. The molecule has 2 aliphatic rings. The fourth-order valence-electron chi connectivity index (χ4n) is 3.46. The summed E-state index contributed by atoms with van der Waals surface area (Å²) in [4.78, 5) is 51.0. The van der Waals surface area contributed by atoms with Crippen LogP contribution in [0.1, 0.15) is 87.5 Å². The Bertz CT molecular complexity index is 942. The largest absolute Gasteiger partial charge is 0.514 e. The number of ether oxygens (including phenoxy) is 1. The number of unbranched alkanes of at least 4 members (excludes halogenated alkanes) is 1. The number of esters is 1. The Morgan fingerprint density at radius 1 is 0.980 bits per heavy atom. The summed E-state index contributed by atoms with van der Waals surface area (Å²) in [6.45, 7) is 22.7. The lowest BCUT2D eigenvalue weighted by Crippen LogP contribution is -2.60. The number of hydrogen-bond donors (Lipinski definition) is 6. The first kappa shape index (κ1) is 56.5. The van der Waals surface area contributed by atoms with Crippen LogP contribution < -0.4 is 27.0 Å². The Kier molecular flexibility index (Phi) is 45.0. The normalized spacial score (nSPS) is 15.6. The zero-order valence-electron chi connectivity index (χ0n) is 34.5. The molecule has 2 atom stereocenters. The topological polar surface area (TPSA) is 197 Å². The van der Waals surface area contributed by atoms with Gasteiger partial charge in [-0.25, -0.2) is 14.7 Å². The minimum Gasteiger partial charge on any atom is -0.481 e. The first-order chi connectivity index (χ1) is 24.1. The number of carboxylic acids is 1. The lowest BCUT2D eigenvalue weighted by molar-refractivity contribution is -0.654. The number of aliphatic imine (C=N–C) groups is 1. The highest BCUT2D eigenvalue weighted by Crippen LogP contribution is 2.18. The average molecular weight is 733 g/mol. The van der Waals surface area contributed by atoms with Gasteiger partial charge in [-0.05, 0) is 80.3 Å². The van der Waals surface area contributed by atoms with Gasteiger partial charge in [0.15, 0.2) is 6.17 Å². The molecule has 3 amide bonds. The zero-order chi connectivity index (χ0) is 40.8. The van der Waals surface area contributed by atoms with E-state index in [0.29, 0.717) is 24.9 Å². The van der Waals surface area contributed by atoms with Crippen LogP contribution in [0, 0.1) is 0 Å². The highest BCUT2D eigenvalue weighted by Gasteiger charge is 2.35. The standard InChI is InChI=1S/C10H19N3O2.C8H17N3O.C7H15N2.C4H8.C3H7NO.C2H4O2.CH5N/c1-5-11-10(15-8(2)14)13-7-6-9(13)12(3)4;1-4-9-8(12)11-6-5-7(11)10(2)3;1-3-5-6-9-7-8-4-2;1-3-4-2;1-3(5)4-2;1-2(3)4;1-2/h9H,5-7H2,1-4H3;7H,4-6H2,1-3H3,(H,9,12);3-6H2,1-2H3,(H,8,9);3H,1,4H2,2H3;1-2H3,(H,4,5);1H3,(H,3,4);2H2,1H3/q;;+1;;;;/p+1. The quantitative estimate of drug-likeness (QED) is 0.0282. The lowest BCUT2D eigenvalue weighted by atomic mass is 10.1. The summed E-state index contributed by atoms with van der Waals surface area (Å²) in [5.74, 6) is -1.11. The molecular weight excluding hydrogens is 656 g/mol. The Morgan fingerprint density at radius 3 is 1.76 bits per heavy atom. The van der Waals surface area contributed by atoms with Gasteiger partial charge in [-0.2, -0.15) is 5.32 Å². The van der Waals surface area contributed by atoms with Crippen LogP contribution in [0.3, 0.4) is 0 Å². The molecule has 2 heterocycles. The van der Waals surface area contributed by atoms with E-state index in [0.717, 1.165) is 58.9 Å². The minimum atomic E-state index is -0.833. The van der Waals surface area contributed by atoms with Gasteiger partial charge in [0.25, 0.3) is 5.97 Å². The van der Waals surface area contributed by atoms with Crippen molar-refractivity contribution in [3.05, 3.63) is 12.7 Å². The van der Waals surface area contributed by atoms with E-state index in [1.54, 1.807) is 7.05 Å². The first-order valence-electron chi connectivity index (χ1n) is 17.7. The number of nitrogens with zero attached hydrogens (tertiary/aromatic N) is 5. The number of carboxylic acid groups (broad SMARTS) is 1. The molecule has 0 aromatic heterocycles. The molecule has 0 aliphatic carbocycles. The van der Waals surface area contributed by atoms with Gasteiger partial charge in [0, 0.05) is 47.3 Å². The third-order valence-electron chi connectivity index (χ3n) is 6.19. The second-order valence-electron chi connectivity index (χ2n) is 11.0. The number of aliphatic carboxylic acids is 1. The van der Waals surface area contributed by atoms with E-state index in [4.69, 9.17) is 14.6 Å². The molecule has 0 radical (unpaired) electrons. The Hall–Kier alpha value is -3.85. The second kappa shape index (κ2) is 40.6. The summed E-state index contributed by atoms with van der Waals surface area (Å²) in [6, 6.07) is 0.636. The number of hydrogen-bond acceptors (Lipinski definition) is 9. The van der Waals surface area contributed by atoms with E-state index >= 15 is 0 Å². The van der Waals surface area contributed by atoms with Crippen molar-refractivity contribution in [3.8, 4) is 0 Å². The summed E-state index contributed by atoms with van der Waals surface area (Å²) >= 11 is 0. The molecule has 2 rings (SSSR count). The number of allylic oxidation sites excluding steroid dienone is 1. The highest BCUT2D eigenvalue weighted by atomic mass is 16.6. The molecule has 0 bridgehead atoms. The van der Waals surface area contributed by atoms with Crippen molar-refractivity contribution in [2.24, 2.45) is 10.7 Å². The van der Waals surface area contributed by atoms with Crippen LogP contribution in [0.4, 0.5) is 4.79 Å². The maximum Gasteiger partial charge on any atom is 0.514 e. The number of nitrogens with one attached hydrogen (secondary N) is 4. The van der Waals surface area contributed by atoms with Crippen molar-refractivity contribution in [2.45, 2.75) is 99.8 Å². The SMILES string of the molecule is C=CCC.CC(=O)O.CCCCN=[C+]NCC.CCN/C(OC(C)=O)=[N+]1/CCC1N(C)C.CCNC(=O)N1CCC1N(C)C.CN.CNC(C)=O. The van der Waals surface area contributed by atoms with Gasteiger partial charge in [-0.1, -0.05) is 26.3 Å². The molecule has 0 aromatic rings. The molecule has 0 saturated carbocycles. The number of urea groups is 1. The van der Waals surface area contributed by atoms with Crippen LogP contribution in [0.5, 0.6) is 0 Å². The van der Waals surface area contributed by atoms with Gasteiger partial charge in [0.05, 0.1) is 32.3 Å². The van der Waals surface area contributed by atoms with Crippen LogP contribution in [0.2, 0.25) is 0 Å². The number of amidine groups is 1. The first-order valence-corrected chi connectivity index (χ1v) is 17.7. The summed E-state index contributed by atoms with van der Waals surface area (Å²) in [7, 11) is 11.1. The Balaban J connectivity index is -0.000000176. The smallest absolute Gasteiger partial charge is 0.481 e.